The van der Waals surface area contributed by atoms with Gasteiger partial charge in [0.05, 0.1) is 12.1 Å². The Labute approximate surface area is 107 Å². The first-order valence-electron chi connectivity index (χ1n) is 6.33. The van der Waals surface area contributed by atoms with Crippen molar-refractivity contribution in [3.8, 4) is 0 Å². The molecule has 1 aliphatic carbocycles. The zero-order valence-corrected chi connectivity index (χ0v) is 11.1. The van der Waals surface area contributed by atoms with Gasteiger partial charge in [0.15, 0.2) is 5.82 Å². The van der Waals surface area contributed by atoms with Crippen molar-refractivity contribution >= 4 is 0 Å². The summed E-state index contributed by atoms with van der Waals surface area (Å²) < 4.78 is 9.95. The number of hydrogen-bond donors (Lipinski definition) is 1. The van der Waals surface area contributed by atoms with Gasteiger partial charge in [-0.2, -0.15) is 4.98 Å². The highest BCUT2D eigenvalue weighted by atomic mass is 16.5. The van der Waals surface area contributed by atoms with Crippen LogP contribution in [0.5, 0.6) is 0 Å². The minimum Gasteiger partial charge on any atom is -0.389 e. The van der Waals surface area contributed by atoms with Gasteiger partial charge in [0.2, 0.25) is 0 Å². The fraction of sp³-hybridized carbons (Fsp3) is 0.833. The average Bonchev–Trinajstić information content (AvgIpc) is 2.89. The molecule has 0 atom stereocenters. The molecule has 1 aromatic rings. The lowest BCUT2D eigenvalue weighted by atomic mass is 10.0. The first kappa shape index (κ1) is 13.5. The van der Waals surface area contributed by atoms with Crippen LogP contribution in [0.3, 0.4) is 0 Å². The van der Waals surface area contributed by atoms with Crippen LogP contribution in [0.15, 0.2) is 4.52 Å². The summed E-state index contributed by atoms with van der Waals surface area (Å²) in [6, 6.07) is 0. The van der Waals surface area contributed by atoms with E-state index in [0.717, 1.165) is 25.7 Å². The van der Waals surface area contributed by atoms with E-state index < -0.39 is 5.60 Å². The first-order valence-corrected chi connectivity index (χ1v) is 6.33. The molecule has 0 bridgehead atoms. The number of methoxy groups -OCH3 is 1. The van der Waals surface area contributed by atoms with Crippen molar-refractivity contribution in [2.75, 3.05) is 20.7 Å². The molecule has 0 unspecified atom stereocenters. The van der Waals surface area contributed by atoms with Gasteiger partial charge < -0.3 is 14.4 Å². The summed E-state index contributed by atoms with van der Waals surface area (Å²) in [5.74, 6) is 1.12. The zero-order valence-electron chi connectivity index (χ0n) is 11.1. The molecule has 1 heterocycles. The van der Waals surface area contributed by atoms with Crippen molar-refractivity contribution in [1.29, 1.82) is 0 Å². The van der Waals surface area contributed by atoms with Gasteiger partial charge in [-0.3, -0.25) is 4.90 Å². The Morgan fingerprint density at radius 2 is 2.17 bits per heavy atom. The van der Waals surface area contributed by atoms with Crippen LogP contribution in [0, 0.1) is 0 Å². The van der Waals surface area contributed by atoms with Gasteiger partial charge in [-0.1, -0.05) is 18.0 Å². The van der Waals surface area contributed by atoms with Crippen molar-refractivity contribution < 1.29 is 14.4 Å². The molecule has 0 saturated heterocycles. The number of likely N-dealkylation sites (N-methyl/N-ethyl adjacent to an activating group) is 1. The van der Waals surface area contributed by atoms with E-state index >= 15 is 0 Å². The van der Waals surface area contributed by atoms with E-state index in [1.165, 1.54) is 0 Å². The van der Waals surface area contributed by atoms with E-state index in [9.17, 15) is 5.11 Å². The Bertz CT molecular complexity index is 374. The van der Waals surface area contributed by atoms with Gasteiger partial charge in [-0.05, 0) is 19.9 Å². The van der Waals surface area contributed by atoms with E-state index in [4.69, 9.17) is 9.26 Å². The fourth-order valence-corrected chi connectivity index (χ4v) is 2.53. The minimum absolute atomic E-state index is 0.334. The van der Waals surface area contributed by atoms with Crippen LogP contribution in [0.4, 0.5) is 0 Å². The highest BCUT2D eigenvalue weighted by Crippen LogP contribution is 2.30. The Balaban J connectivity index is 1.84. The van der Waals surface area contributed by atoms with Crippen molar-refractivity contribution in [3.63, 3.8) is 0 Å². The lowest BCUT2D eigenvalue weighted by Crippen LogP contribution is -2.38. The van der Waals surface area contributed by atoms with Crippen molar-refractivity contribution in [2.45, 2.75) is 44.4 Å². The number of nitrogens with zero attached hydrogens (tertiary/aromatic N) is 3. The molecule has 102 valence electrons. The molecule has 1 N–H and O–H groups in total. The van der Waals surface area contributed by atoms with Crippen molar-refractivity contribution in [3.05, 3.63) is 11.7 Å². The molecular formula is C12H21N3O3. The van der Waals surface area contributed by atoms with E-state index in [2.05, 4.69) is 10.1 Å². The van der Waals surface area contributed by atoms with Crippen LogP contribution in [0.2, 0.25) is 0 Å². The Hall–Kier alpha value is -0.980. The number of ether oxygens (including phenoxy) is 1. The Morgan fingerprint density at radius 1 is 1.44 bits per heavy atom. The SMILES string of the molecule is COCc1nc(CN(C)CC2(O)CCCC2)no1. The summed E-state index contributed by atoms with van der Waals surface area (Å²) in [6.07, 6.45) is 4.01. The maximum Gasteiger partial charge on any atom is 0.252 e. The Kier molecular flexibility index (Phi) is 4.31. The average molecular weight is 255 g/mol. The lowest BCUT2D eigenvalue weighted by Gasteiger charge is -2.27. The molecule has 1 aromatic heterocycles. The minimum atomic E-state index is -0.534. The standard InChI is InChI=1S/C12H21N3O3/c1-15(9-12(16)5-3-4-6-12)7-10-13-11(8-17-2)18-14-10/h16H,3-9H2,1-2H3. The van der Waals surface area contributed by atoms with Crippen LogP contribution in [-0.4, -0.2) is 46.5 Å². The molecule has 6 heteroatoms. The first-order chi connectivity index (χ1) is 8.61. The van der Waals surface area contributed by atoms with Crippen molar-refractivity contribution in [2.24, 2.45) is 0 Å². The maximum atomic E-state index is 10.3. The molecule has 6 nitrogen and oxygen atoms in total. The van der Waals surface area contributed by atoms with E-state index in [1.54, 1.807) is 7.11 Å². The third-order valence-corrected chi connectivity index (χ3v) is 3.29. The maximum absolute atomic E-state index is 10.3. The summed E-state index contributed by atoms with van der Waals surface area (Å²) >= 11 is 0. The number of rotatable bonds is 6. The van der Waals surface area contributed by atoms with Crippen LogP contribution in [0.1, 0.15) is 37.4 Å². The Morgan fingerprint density at radius 3 is 2.83 bits per heavy atom. The van der Waals surface area contributed by atoms with E-state index in [0.29, 0.717) is 31.4 Å². The topological polar surface area (TPSA) is 71.6 Å². The van der Waals surface area contributed by atoms with Crippen molar-refractivity contribution in [1.82, 2.24) is 15.0 Å². The van der Waals surface area contributed by atoms with Gasteiger partial charge >= 0.3 is 0 Å². The molecule has 18 heavy (non-hydrogen) atoms. The molecule has 1 aliphatic rings. The van der Waals surface area contributed by atoms with Crippen LogP contribution in [0.25, 0.3) is 0 Å². The monoisotopic (exact) mass is 255 g/mol. The highest BCUT2D eigenvalue weighted by Gasteiger charge is 2.32. The third kappa shape index (κ3) is 3.51. The summed E-state index contributed by atoms with van der Waals surface area (Å²) in [6.45, 7) is 1.57. The van der Waals surface area contributed by atoms with Gasteiger partial charge in [0.25, 0.3) is 5.89 Å². The van der Waals surface area contributed by atoms with Gasteiger partial charge in [0, 0.05) is 13.7 Å². The normalized spacial score (nSPS) is 18.7. The summed E-state index contributed by atoms with van der Waals surface area (Å²) in [7, 11) is 3.55. The second-order valence-electron chi connectivity index (χ2n) is 5.14. The van der Waals surface area contributed by atoms with E-state index in [-0.39, 0.29) is 0 Å². The van der Waals surface area contributed by atoms with E-state index in [1.807, 2.05) is 11.9 Å². The van der Waals surface area contributed by atoms with Gasteiger partial charge in [0.1, 0.15) is 6.61 Å². The molecule has 0 aromatic carbocycles. The second kappa shape index (κ2) is 5.77. The fourth-order valence-electron chi connectivity index (χ4n) is 2.53. The molecular weight excluding hydrogens is 234 g/mol. The summed E-state index contributed by atoms with van der Waals surface area (Å²) in [5, 5.41) is 14.2. The van der Waals surface area contributed by atoms with Gasteiger partial charge in [-0.25, -0.2) is 0 Å². The summed E-state index contributed by atoms with van der Waals surface area (Å²) in [4.78, 5) is 6.25. The van der Waals surface area contributed by atoms with Gasteiger partial charge in [-0.15, -0.1) is 0 Å². The lowest BCUT2D eigenvalue weighted by molar-refractivity contribution is 0.0138. The van der Waals surface area contributed by atoms with Crippen LogP contribution in [-0.2, 0) is 17.9 Å². The predicted molar refractivity (Wildman–Crippen MR) is 64.8 cm³/mol. The molecule has 2 rings (SSSR count). The number of hydrogen-bond acceptors (Lipinski definition) is 6. The summed E-state index contributed by atoms with van der Waals surface area (Å²) in [5.41, 5.74) is -0.534. The van der Waals surface area contributed by atoms with Crippen LogP contribution >= 0.6 is 0 Å². The smallest absolute Gasteiger partial charge is 0.252 e. The third-order valence-electron chi connectivity index (χ3n) is 3.29. The second-order valence-corrected chi connectivity index (χ2v) is 5.14. The number of aliphatic hydroxyl groups is 1. The molecule has 0 spiro atoms. The molecule has 0 amide bonds. The van der Waals surface area contributed by atoms with Crippen LogP contribution < -0.4 is 0 Å². The quantitative estimate of drug-likeness (QED) is 0.816. The number of aromatic nitrogens is 2. The molecule has 1 saturated carbocycles. The molecule has 0 radical (unpaired) electrons. The molecule has 1 fully saturated rings. The molecule has 0 aliphatic heterocycles. The predicted octanol–water partition coefficient (Wildman–Crippen LogP) is 0.953. The largest absolute Gasteiger partial charge is 0.389 e. The highest BCUT2D eigenvalue weighted by molar-refractivity contribution is 4.89. The zero-order chi connectivity index (χ0) is 13.0.